The Balaban J connectivity index is 1.99. The summed E-state index contributed by atoms with van der Waals surface area (Å²) in [4.78, 5) is 31.6. The summed E-state index contributed by atoms with van der Waals surface area (Å²) in [6.45, 7) is 1.42. The van der Waals surface area contributed by atoms with Crippen LogP contribution >= 0.6 is 34.8 Å². The van der Waals surface area contributed by atoms with E-state index in [1.165, 1.54) is 37.5 Å². The van der Waals surface area contributed by atoms with Crippen molar-refractivity contribution >= 4 is 52.5 Å². The summed E-state index contributed by atoms with van der Waals surface area (Å²) in [7, 11) is 0. The van der Waals surface area contributed by atoms with Gasteiger partial charge in [0, 0.05) is 12.4 Å². The lowest BCUT2D eigenvalue weighted by atomic mass is 10.3. The van der Waals surface area contributed by atoms with E-state index < -0.39 is 18.0 Å². The van der Waals surface area contributed by atoms with Gasteiger partial charge in [0.2, 0.25) is 0 Å². The van der Waals surface area contributed by atoms with Gasteiger partial charge in [0.1, 0.15) is 5.15 Å². The summed E-state index contributed by atoms with van der Waals surface area (Å²) < 4.78 is 5.04. The molecule has 23 heavy (non-hydrogen) atoms. The lowest BCUT2D eigenvalue weighted by Gasteiger charge is -2.13. The summed E-state index contributed by atoms with van der Waals surface area (Å²) in [6, 6.07) is 4.32. The van der Waals surface area contributed by atoms with Crippen molar-refractivity contribution in [2.24, 2.45) is 0 Å². The zero-order valence-corrected chi connectivity index (χ0v) is 14.0. The number of carbonyl (C=O) groups excluding carboxylic acids is 2. The van der Waals surface area contributed by atoms with Crippen LogP contribution in [0.5, 0.6) is 0 Å². The molecular weight excluding hydrogens is 365 g/mol. The summed E-state index contributed by atoms with van der Waals surface area (Å²) in [6.07, 6.45) is 1.53. The molecule has 2 rings (SSSR count). The molecule has 0 spiro atoms. The Kier molecular flexibility index (Phi) is 5.76. The van der Waals surface area contributed by atoms with Gasteiger partial charge in [-0.3, -0.25) is 4.79 Å². The third-order valence-corrected chi connectivity index (χ3v) is 3.38. The number of carbonyl (C=O) groups is 2. The predicted molar refractivity (Wildman–Crippen MR) is 87.0 cm³/mol. The van der Waals surface area contributed by atoms with E-state index in [-0.39, 0.29) is 21.6 Å². The Morgan fingerprint density at radius 1 is 1.17 bits per heavy atom. The average molecular weight is 375 g/mol. The molecular formula is C14H10Cl3N3O3. The molecule has 0 aliphatic carbocycles. The number of ether oxygens (including phenoxy) is 1. The highest BCUT2D eigenvalue weighted by Crippen LogP contribution is 2.22. The minimum atomic E-state index is -1.06. The third-order valence-electron chi connectivity index (χ3n) is 2.67. The molecule has 1 amide bonds. The van der Waals surface area contributed by atoms with E-state index >= 15 is 0 Å². The van der Waals surface area contributed by atoms with Crippen LogP contribution in [0.25, 0.3) is 0 Å². The number of halogens is 3. The van der Waals surface area contributed by atoms with E-state index in [0.29, 0.717) is 5.02 Å². The second-order valence-corrected chi connectivity index (χ2v) is 5.62. The first kappa shape index (κ1) is 17.5. The highest BCUT2D eigenvalue weighted by molar-refractivity contribution is 6.36. The number of anilines is 1. The lowest BCUT2D eigenvalue weighted by molar-refractivity contribution is -0.123. The minimum Gasteiger partial charge on any atom is -0.449 e. The fourth-order valence-electron chi connectivity index (χ4n) is 1.50. The van der Waals surface area contributed by atoms with Crippen molar-refractivity contribution in [1.29, 1.82) is 0 Å². The lowest BCUT2D eigenvalue weighted by Crippen LogP contribution is -2.30. The molecule has 2 heterocycles. The Morgan fingerprint density at radius 2 is 1.91 bits per heavy atom. The summed E-state index contributed by atoms with van der Waals surface area (Å²) in [5, 5.41) is 3.20. The van der Waals surface area contributed by atoms with Crippen molar-refractivity contribution in [2.75, 3.05) is 5.32 Å². The molecule has 120 valence electrons. The molecule has 0 saturated heterocycles. The van der Waals surface area contributed by atoms with Crippen LogP contribution in [0.2, 0.25) is 15.2 Å². The topological polar surface area (TPSA) is 81.2 Å². The standard InChI is InChI=1S/C14H10Cl3N3O3/c1-7(23-14(22)8-2-3-11(17)18-5-8)13(21)20-12-10(16)4-9(15)6-19-12/h2-7H,1H3,(H,19,20,21)/t7-/m0/s1. The number of amides is 1. The maximum absolute atomic E-state index is 12.0. The van der Waals surface area contributed by atoms with Crippen LogP contribution in [0.15, 0.2) is 30.6 Å². The highest BCUT2D eigenvalue weighted by Gasteiger charge is 2.20. The normalized spacial score (nSPS) is 11.7. The van der Waals surface area contributed by atoms with Gasteiger partial charge >= 0.3 is 5.97 Å². The molecule has 0 radical (unpaired) electrons. The molecule has 0 saturated carbocycles. The summed E-state index contributed by atoms with van der Waals surface area (Å²) in [5.41, 5.74) is 0.178. The number of aromatic nitrogens is 2. The second kappa shape index (κ2) is 7.59. The Hall–Kier alpha value is -1.89. The van der Waals surface area contributed by atoms with E-state index in [0.717, 1.165) is 0 Å². The van der Waals surface area contributed by atoms with Crippen molar-refractivity contribution in [3.05, 3.63) is 51.4 Å². The van der Waals surface area contributed by atoms with Gasteiger partial charge in [-0.1, -0.05) is 34.8 Å². The number of rotatable bonds is 4. The van der Waals surface area contributed by atoms with Crippen molar-refractivity contribution in [3.63, 3.8) is 0 Å². The molecule has 0 fully saturated rings. The largest absolute Gasteiger partial charge is 0.449 e. The molecule has 0 unspecified atom stereocenters. The number of hydrogen-bond donors (Lipinski definition) is 1. The fraction of sp³-hybridized carbons (Fsp3) is 0.143. The van der Waals surface area contributed by atoms with Gasteiger partial charge in [0.25, 0.3) is 5.91 Å². The predicted octanol–water partition coefficient (Wildman–Crippen LogP) is 3.62. The number of nitrogens with zero attached hydrogens (tertiary/aromatic N) is 2. The van der Waals surface area contributed by atoms with Crippen LogP contribution in [0.3, 0.4) is 0 Å². The molecule has 1 atom stereocenters. The smallest absolute Gasteiger partial charge is 0.340 e. The molecule has 0 aromatic carbocycles. The zero-order chi connectivity index (χ0) is 17.0. The monoisotopic (exact) mass is 373 g/mol. The number of esters is 1. The molecule has 2 aromatic heterocycles. The fourth-order valence-corrected chi connectivity index (χ4v) is 2.04. The van der Waals surface area contributed by atoms with Gasteiger partial charge in [-0.25, -0.2) is 14.8 Å². The Morgan fingerprint density at radius 3 is 2.52 bits per heavy atom. The van der Waals surface area contributed by atoms with Crippen molar-refractivity contribution < 1.29 is 14.3 Å². The molecule has 0 bridgehead atoms. The molecule has 1 N–H and O–H groups in total. The first-order valence-corrected chi connectivity index (χ1v) is 7.44. The Labute approximate surface area is 146 Å². The first-order chi connectivity index (χ1) is 10.9. The molecule has 9 heteroatoms. The first-order valence-electron chi connectivity index (χ1n) is 6.31. The maximum atomic E-state index is 12.0. The van der Waals surface area contributed by atoms with Crippen LogP contribution in [-0.2, 0) is 9.53 Å². The highest BCUT2D eigenvalue weighted by atomic mass is 35.5. The van der Waals surface area contributed by atoms with Gasteiger partial charge in [0.05, 0.1) is 15.6 Å². The zero-order valence-electron chi connectivity index (χ0n) is 11.7. The quantitative estimate of drug-likeness (QED) is 0.653. The van der Waals surface area contributed by atoms with E-state index in [1.807, 2.05) is 0 Å². The third kappa shape index (κ3) is 4.79. The van der Waals surface area contributed by atoms with E-state index in [4.69, 9.17) is 39.5 Å². The average Bonchev–Trinajstić information content (AvgIpc) is 2.50. The van der Waals surface area contributed by atoms with Gasteiger partial charge in [-0.2, -0.15) is 0 Å². The second-order valence-electron chi connectivity index (χ2n) is 4.39. The summed E-state index contributed by atoms with van der Waals surface area (Å²) >= 11 is 17.3. The van der Waals surface area contributed by atoms with Gasteiger partial charge in [0.15, 0.2) is 11.9 Å². The van der Waals surface area contributed by atoms with E-state index in [1.54, 1.807) is 0 Å². The molecule has 0 aliphatic heterocycles. The van der Waals surface area contributed by atoms with Crippen molar-refractivity contribution in [2.45, 2.75) is 13.0 Å². The van der Waals surface area contributed by atoms with Crippen LogP contribution in [-0.4, -0.2) is 27.9 Å². The molecule has 0 aliphatic rings. The minimum absolute atomic E-state index is 0.122. The van der Waals surface area contributed by atoms with E-state index in [2.05, 4.69) is 15.3 Å². The van der Waals surface area contributed by atoms with Gasteiger partial charge in [-0.05, 0) is 25.1 Å². The van der Waals surface area contributed by atoms with Crippen molar-refractivity contribution in [1.82, 2.24) is 9.97 Å². The Bertz CT molecular complexity index is 738. The SMILES string of the molecule is C[C@H](OC(=O)c1ccc(Cl)nc1)C(=O)Nc1ncc(Cl)cc1Cl. The molecule has 6 nitrogen and oxygen atoms in total. The van der Waals surface area contributed by atoms with Gasteiger partial charge < -0.3 is 10.1 Å². The van der Waals surface area contributed by atoms with Gasteiger partial charge in [-0.15, -0.1) is 0 Å². The summed E-state index contributed by atoms with van der Waals surface area (Å²) in [5.74, 6) is -1.17. The van der Waals surface area contributed by atoms with Crippen LogP contribution in [0.1, 0.15) is 17.3 Å². The molecule has 2 aromatic rings. The van der Waals surface area contributed by atoms with E-state index in [9.17, 15) is 9.59 Å². The van der Waals surface area contributed by atoms with Crippen LogP contribution < -0.4 is 5.32 Å². The number of nitrogens with one attached hydrogen (secondary N) is 1. The number of hydrogen-bond acceptors (Lipinski definition) is 5. The maximum Gasteiger partial charge on any atom is 0.340 e. The number of pyridine rings is 2. The van der Waals surface area contributed by atoms with Crippen LogP contribution in [0, 0.1) is 0 Å². The van der Waals surface area contributed by atoms with Crippen LogP contribution in [0.4, 0.5) is 5.82 Å². The van der Waals surface area contributed by atoms with Crippen molar-refractivity contribution in [3.8, 4) is 0 Å².